The number of amides is 1. The first-order valence-electron chi connectivity index (χ1n) is 9.89. The minimum Gasteiger partial charge on any atom is -0.488 e. The number of alkyl halides is 3. The van der Waals surface area contributed by atoms with Crippen molar-refractivity contribution in [2.24, 2.45) is 5.10 Å². The van der Waals surface area contributed by atoms with Gasteiger partial charge in [-0.3, -0.25) is 4.79 Å². The van der Waals surface area contributed by atoms with E-state index in [0.717, 1.165) is 17.7 Å². The van der Waals surface area contributed by atoms with Gasteiger partial charge in [0.25, 0.3) is 5.91 Å². The smallest absolute Gasteiger partial charge is 0.416 e. The Balaban J connectivity index is 1.50. The van der Waals surface area contributed by atoms with Gasteiger partial charge >= 0.3 is 6.18 Å². The highest BCUT2D eigenvalue weighted by atomic mass is 79.9. The number of anilines is 1. The summed E-state index contributed by atoms with van der Waals surface area (Å²) in [6.45, 7) is -0.0238. The number of hydrazone groups is 1. The van der Waals surface area contributed by atoms with E-state index >= 15 is 0 Å². The highest BCUT2D eigenvalue weighted by Gasteiger charge is 2.30. The fourth-order valence-electron chi connectivity index (χ4n) is 2.83. The largest absolute Gasteiger partial charge is 0.488 e. The van der Waals surface area contributed by atoms with Crippen LogP contribution in [0.5, 0.6) is 5.75 Å². The molecule has 6 nitrogen and oxygen atoms in total. The summed E-state index contributed by atoms with van der Waals surface area (Å²) < 4.78 is 44.7. The monoisotopic (exact) mass is 530 g/mol. The van der Waals surface area contributed by atoms with Crippen molar-refractivity contribution in [1.29, 1.82) is 5.26 Å². The van der Waals surface area contributed by atoms with Gasteiger partial charge in [0.05, 0.1) is 34.4 Å². The number of benzene rings is 3. The molecule has 34 heavy (non-hydrogen) atoms. The summed E-state index contributed by atoms with van der Waals surface area (Å²) >= 11 is 3.42. The van der Waals surface area contributed by atoms with Gasteiger partial charge in [0.2, 0.25) is 0 Å². The highest BCUT2D eigenvalue weighted by molar-refractivity contribution is 9.10. The Morgan fingerprint density at radius 2 is 1.91 bits per heavy atom. The molecule has 0 bridgehead atoms. The lowest BCUT2D eigenvalue weighted by molar-refractivity contribution is -0.137. The number of ether oxygens (including phenoxy) is 1. The Morgan fingerprint density at radius 1 is 1.12 bits per heavy atom. The van der Waals surface area contributed by atoms with Crippen LogP contribution in [0.3, 0.4) is 0 Å². The van der Waals surface area contributed by atoms with Crippen molar-refractivity contribution in [1.82, 2.24) is 5.43 Å². The molecule has 3 aromatic carbocycles. The number of carbonyl (C=O) groups is 1. The number of nitrogens with zero attached hydrogens (tertiary/aromatic N) is 2. The van der Waals surface area contributed by atoms with E-state index in [9.17, 15) is 18.0 Å². The molecule has 1 amide bonds. The molecule has 0 aliphatic rings. The van der Waals surface area contributed by atoms with Gasteiger partial charge in [-0.1, -0.05) is 24.3 Å². The lowest BCUT2D eigenvalue weighted by Gasteiger charge is -2.10. The van der Waals surface area contributed by atoms with Crippen molar-refractivity contribution in [2.45, 2.75) is 12.8 Å². The third-order valence-electron chi connectivity index (χ3n) is 4.52. The standard InChI is InChI=1S/C24H18BrF3N4O2/c25-21-10-16(8-9-22(21)34-15-18-5-2-1-4-17(18)12-29)13-31-32-23(33)14-30-20-7-3-6-19(11-20)24(26,27)28/h1-11,13,30H,14-15H2,(H,32,33)/b31-13-. The minimum atomic E-state index is -4.46. The Morgan fingerprint density at radius 3 is 2.65 bits per heavy atom. The first-order valence-corrected chi connectivity index (χ1v) is 10.7. The van der Waals surface area contributed by atoms with Crippen LogP contribution in [0.25, 0.3) is 0 Å². The number of hydrogen-bond donors (Lipinski definition) is 2. The van der Waals surface area contributed by atoms with Crippen LogP contribution >= 0.6 is 15.9 Å². The molecule has 3 rings (SSSR count). The zero-order valence-electron chi connectivity index (χ0n) is 17.6. The van der Waals surface area contributed by atoms with Crippen molar-refractivity contribution in [3.63, 3.8) is 0 Å². The molecule has 10 heteroatoms. The van der Waals surface area contributed by atoms with E-state index in [2.05, 4.69) is 37.8 Å². The fraction of sp³-hybridized carbons (Fsp3) is 0.125. The molecular weight excluding hydrogens is 513 g/mol. The number of nitrogens with one attached hydrogen (secondary N) is 2. The maximum absolute atomic E-state index is 12.8. The van der Waals surface area contributed by atoms with Crippen LogP contribution in [0.2, 0.25) is 0 Å². The molecule has 174 valence electrons. The maximum atomic E-state index is 12.8. The molecule has 0 unspecified atom stereocenters. The molecule has 2 N–H and O–H groups in total. The van der Waals surface area contributed by atoms with Crippen molar-refractivity contribution in [2.75, 3.05) is 11.9 Å². The molecule has 0 saturated heterocycles. The van der Waals surface area contributed by atoms with Crippen molar-refractivity contribution < 1.29 is 22.7 Å². The molecule has 3 aromatic rings. The maximum Gasteiger partial charge on any atom is 0.416 e. The molecule has 0 fully saturated rings. The summed E-state index contributed by atoms with van der Waals surface area (Å²) in [5.74, 6) is 0.0445. The molecule has 0 aromatic heterocycles. The van der Waals surface area contributed by atoms with Gasteiger partial charge in [-0.05, 0) is 64.0 Å². The molecule has 0 radical (unpaired) electrons. The lowest BCUT2D eigenvalue weighted by Crippen LogP contribution is -2.26. The average Bonchev–Trinajstić information content (AvgIpc) is 2.82. The van der Waals surface area contributed by atoms with Crippen LogP contribution in [-0.4, -0.2) is 18.7 Å². The first-order chi connectivity index (χ1) is 16.3. The van der Waals surface area contributed by atoms with E-state index in [4.69, 9.17) is 10.00 Å². The predicted molar refractivity (Wildman–Crippen MR) is 125 cm³/mol. The Labute approximate surface area is 202 Å². The van der Waals surface area contributed by atoms with E-state index in [1.165, 1.54) is 18.3 Å². The van der Waals surface area contributed by atoms with Gasteiger partial charge in [-0.2, -0.15) is 23.5 Å². The second-order valence-electron chi connectivity index (χ2n) is 6.97. The third-order valence-corrected chi connectivity index (χ3v) is 5.14. The van der Waals surface area contributed by atoms with E-state index in [-0.39, 0.29) is 18.8 Å². The molecule has 0 heterocycles. The Hall–Kier alpha value is -3.84. The third kappa shape index (κ3) is 7.08. The van der Waals surface area contributed by atoms with E-state index in [0.29, 0.717) is 21.3 Å². The number of hydrogen-bond acceptors (Lipinski definition) is 5. The SMILES string of the molecule is N#Cc1ccccc1COc1ccc(/C=N\NC(=O)CNc2cccc(C(F)(F)F)c2)cc1Br. The van der Waals surface area contributed by atoms with E-state index < -0.39 is 17.6 Å². The Kier molecular flexibility index (Phi) is 8.27. The van der Waals surface area contributed by atoms with Gasteiger partial charge in [0.15, 0.2) is 0 Å². The van der Waals surface area contributed by atoms with Crippen LogP contribution < -0.4 is 15.5 Å². The summed E-state index contributed by atoms with van der Waals surface area (Å²) in [5, 5.41) is 15.6. The van der Waals surface area contributed by atoms with Crippen molar-refractivity contribution in [3.05, 3.63) is 93.5 Å². The zero-order chi connectivity index (χ0) is 24.6. The van der Waals surface area contributed by atoms with Crippen LogP contribution in [0, 0.1) is 11.3 Å². The highest BCUT2D eigenvalue weighted by Crippen LogP contribution is 2.30. The van der Waals surface area contributed by atoms with Gasteiger partial charge in [0, 0.05) is 11.3 Å². The molecular formula is C24H18BrF3N4O2. The Bertz CT molecular complexity index is 1240. The van der Waals surface area contributed by atoms with Crippen molar-refractivity contribution >= 4 is 33.7 Å². The van der Waals surface area contributed by atoms with E-state index in [1.807, 2.05) is 12.1 Å². The van der Waals surface area contributed by atoms with E-state index in [1.54, 1.807) is 30.3 Å². The number of carbonyl (C=O) groups excluding carboxylic acids is 1. The predicted octanol–water partition coefficient (Wildman–Crippen LogP) is 5.48. The quantitative estimate of drug-likeness (QED) is 0.298. The van der Waals surface area contributed by atoms with Crippen LogP contribution in [0.4, 0.5) is 18.9 Å². The molecule has 0 aliphatic heterocycles. The molecule has 0 aliphatic carbocycles. The van der Waals surface area contributed by atoms with Gasteiger partial charge in [-0.25, -0.2) is 5.43 Å². The van der Waals surface area contributed by atoms with Gasteiger partial charge in [0.1, 0.15) is 12.4 Å². The number of rotatable bonds is 8. The second kappa shape index (κ2) is 11.3. The van der Waals surface area contributed by atoms with Crippen LogP contribution in [0.15, 0.2) is 76.3 Å². The van der Waals surface area contributed by atoms with Crippen LogP contribution in [0.1, 0.15) is 22.3 Å². The van der Waals surface area contributed by atoms with Crippen LogP contribution in [-0.2, 0) is 17.6 Å². The van der Waals surface area contributed by atoms with Gasteiger partial charge in [-0.15, -0.1) is 0 Å². The number of nitriles is 1. The fourth-order valence-corrected chi connectivity index (χ4v) is 3.34. The minimum absolute atomic E-state index is 0.172. The first kappa shape index (κ1) is 24.8. The zero-order valence-corrected chi connectivity index (χ0v) is 19.2. The molecule has 0 saturated carbocycles. The number of halogens is 4. The van der Waals surface area contributed by atoms with Gasteiger partial charge < -0.3 is 10.1 Å². The summed E-state index contributed by atoms with van der Waals surface area (Å²) in [4.78, 5) is 11.9. The van der Waals surface area contributed by atoms with Crippen molar-refractivity contribution in [3.8, 4) is 11.8 Å². The lowest BCUT2D eigenvalue weighted by atomic mass is 10.1. The summed E-state index contributed by atoms with van der Waals surface area (Å²) in [6, 6.07) is 19.0. The topological polar surface area (TPSA) is 86.5 Å². The summed E-state index contributed by atoms with van der Waals surface area (Å²) in [7, 11) is 0. The molecule has 0 spiro atoms. The second-order valence-corrected chi connectivity index (χ2v) is 7.83. The normalized spacial score (nSPS) is 11.1. The molecule has 0 atom stereocenters. The average molecular weight is 531 g/mol. The summed E-state index contributed by atoms with van der Waals surface area (Å²) in [6.07, 6.45) is -3.04. The summed E-state index contributed by atoms with van der Waals surface area (Å²) in [5.41, 5.74) is 3.66.